The molecule has 0 bridgehead atoms. The van der Waals surface area contributed by atoms with Crippen LogP contribution in [0.4, 0.5) is 0 Å². The van der Waals surface area contributed by atoms with Crippen LogP contribution >= 0.6 is 11.6 Å². The third-order valence-electron chi connectivity index (χ3n) is 2.27. The molecule has 0 aromatic heterocycles. The van der Waals surface area contributed by atoms with Gasteiger partial charge in [-0.05, 0) is 39.2 Å². The first-order valence-corrected chi connectivity index (χ1v) is 5.10. The van der Waals surface area contributed by atoms with Gasteiger partial charge < -0.3 is 5.32 Å². The number of allylic oxidation sites excluding steroid dienone is 1. The summed E-state index contributed by atoms with van der Waals surface area (Å²) in [5.41, 5.74) is 1.38. The maximum Gasteiger partial charge on any atom is 0.0342 e. The highest BCUT2D eigenvalue weighted by molar-refractivity contribution is 6.21. The molecule has 0 unspecified atom stereocenters. The van der Waals surface area contributed by atoms with E-state index in [9.17, 15) is 0 Å². The highest BCUT2D eigenvalue weighted by atomic mass is 35.5. The maximum atomic E-state index is 5.87. The fraction of sp³-hybridized carbons (Fsp3) is 0.800. The molecule has 0 spiro atoms. The lowest BCUT2D eigenvalue weighted by atomic mass is 9.85. The number of rotatable bonds is 4. The Kier molecular flexibility index (Phi) is 4.10. The molecular formula is C10H18ClN. The van der Waals surface area contributed by atoms with Crippen LogP contribution in [-0.2, 0) is 0 Å². The molecule has 0 heterocycles. The first kappa shape index (κ1) is 10.1. The van der Waals surface area contributed by atoms with E-state index in [0.717, 1.165) is 19.0 Å². The van der Waals surface area contributed by atoms with Crippen molar-refractivity contribution in [2.24, 2.45) is 5.92 Å². The van der Waals surface area contributed by atoms with Crippen LogP contribution in [0.1, 0.15) is 26.7 Å². The van der Waals surface area contributed by atoms with Crippen molar-refractivity contribution in [3.8, 4) is 0 Å². The van der Waals surface area contributed by atoms with Crippen molar-refractivity contribution < 1.29 is 0 Å². The minimum Gasteiger partial charge on any atom is -0.313 e. The molecule has 12 heavy (non-hydrogen) atoms. The summed E-state index contributed by atoms with van der Waals surface area (Å²) in [7, 11) is 0. The molecule has 0 aromatic carbocycles. The summed E-state index contributed by atoms with van der Waals surface area (Å²) < 4.78 is 0. The SMILES string of the molecule is CC(C)=CCNCC1CC(Cl)C1. The Morgan fingerprint density at radius 1 is 1.50 bits per heavy atom. The third kappa shape index (κ3) is 3.59. The van der Waals surface area contributed by atoms with Crippen LogP contribution in [-0.4, -0.2) is 18.5 Å². The van der Waals surface area contributed by atoms with E-state index >= 15 is 0 Å². The van der Waals surface area contributed by atoms with E-state index in [-0.39, 0.29) is 0 Å². The van der Waals surface area contributed by atoms with Gasteiger partial charge in [0.2, 0.25) is 0 Å². The minimum absolute atomic E-state index is 0.459. The van der Waals surface area contributed by atoms with Crippen molar-refractivity contribution >= 4 is 11.6 Å². The summed E-state index contributed by atoms with van der Waals surface area (Å²) in [6.45, 7) is 6.39. The summed E-state index contributed by atoms with van der Waals surface area (Å²) in [6, 6.07) is 0. The number of hydrogen-bond acceptors (Lipinski definition) is 1. The summed E-state index contributed by atoms with van der Waals surface area (Å²) in [5, 5.41) is 3.86. The second-order valence-corrected chi connectivity index (χ2v) is 4.49. The number of halogens is 1. The zero-order chi connectivity index (χ0) is 8.97. The topological polar surface area (TPSA) is 12.0 Å². The number of alkyl halides is 1. The molecule has 0 saturated heterocycles. The fourth-order valence-corrected chi connectivity index (χ4v) is 1.89. The van der Waals surface area contributed by atoms with Crippen molar-refractivity contribution in [1.82, 2.24) is 5.32 Å². The molecule has 1 saturated carbocycles. The predicted molar refractivity (Wildman–Crippen MR) is 54.7 cm³/mol. The molecule has 70 valence electrons. The monoisotopic (exact) mass is 187 g/mol. The summed E-state index contributed by atoms with van der Waals surface area (Å²) in [4.78, 5) is 0. The Balaban J connectivity index is 1.93. The summed E-state index contributed by atoms with van der Waals surface area (Å²) in [5.74, 6) is 0.832. The van der Waals surface area contributed by atoms with Gasteiger partial charge >= 0.3 is 0 Å². The molecule has 0 atom stereocenters. The lowest BCUT2D eigenvalue weighted by Crippen LogP contribution is -2.33. The van der Waals surface area contributed by atoms with E-state index in [2.05, 4.69) is 25.2 Å². The molecule has 1 aliphatic carbocycles. The molecule has 1 nitrogen and oxygen atoms in total. The largest absolute Gasteiger partial charge is 0.313 e. The predicted octanol–water partition coefficient (Wildman–Crippen LogP) is 2.56. The molecule has 0 aliphatic heterocycles. The van der Waals surface area contributed by atoms with Gasteiger partial charge in [0.1, 0.15) is 0 Å². The highest BCUT2D eigenvalue weighted by Gasteiger charge is 2.26. The van der Waals surface area contributed by atoms with E-state index < -0.39 is 0 Å². The normalized spacial score (nSPS) is 27.9. The zero-order valence-electron chi connectivity index (χ0n) is 7.94. The molecule has 0 amide bonds. The Hall–Kier alpha value is -0.0100. The van der Waals surface area contributed by atoms with Crippen molar-refractivity contribution in [3.63, 3.8) is 0 Å². The van der Waals surface area contributed by atoms with E-state index in [1.165, 1.54) is 18.4 Å². The first-order chi connectivity index (χ1) is 5.68. The lowest BCUT2D eigenvalue weighted by molar-refractivity contribution is 0.313. The van der Waals surface area contributed by atoms with Gasteiger partial charge in [-0.2, -0.15) is 0 Å². The Labute approximate surface area is 80.2 Å². The molecule has 0 aromatic rings. The fourth-order valence-electron chi connectivity index (χ4n) is 1.38. The molecule has 2 heteroatoms. The van der Waals surface area contributed by atoms with Gasteiger partial charge in [-0.15, -0.1) is 11.6 Å². The average molecular weight is 188 g/mol. The van der Waals surface area contributed by atoms with Crippen molar-refractivity contribution in [2.75, 3.05) is 13.1 Å². The van der Waals surface area contributed by atoms with Gasteiger partial charge in [-0.1, -0.05) is 11.6 Å². The number of hydrogen-bond donors (Lipinski definition) is 1. The maximum absolute atomic E-state index is 5.87. The van der Waals surface area contributed by atoms with Crippen molar-refractivity contribution in [2.45, 2.75) is 32.1 Å². The van der Waals surface area contributed by atoms with Gasteiger partial charge in [0, 0.05) is 11.9 Å². The van der Waals surface area contributed by atoms with Gasteiger partial charge in [-0.3, -0.25) is 0 Å². The van der Waals surface area contributed by atoms with Crippen molar-refractivity contribution in [3.05, 3.63) is 11.6 Å². The molecular weight excluding hydrogens is 170 g/mol. The van der Waals surface area contributed by atoms with Crippen LogP contribution in [0.2, 0.25) is 0 Å². The lowest BCUT2D eigenvalue weighted by Gasteiger charge is -2.30. The van der Waals surface area contributed by atoms with Crippen LogP contribution in [0.25, 0.3) is 0 Å². The van der Waals surface area contributed by atoms with Gasteiger partial charge in [0.25, 0.3) is 0 Å². The highest BCUT2D eigenvalue weighted by Crippen LogP contribution is 2.30. The number of nitrogens with one attached hydrogen (secondary N) is 1. The Bertz CT molecular complexity index is 155. The van der Waals surface area contributed by atoms with Gasteiger partial charge in [-0.25, -0.2) is 0 Å². The molecule has 0 radical (unpaired) electrons. The molecule has 1 rings (SSSR count). The molecule has 1 fully saturated rings. The van der Waals surface area contributed by atoms with E-state index in [1.54, 1.807) is 0 Å². The molecule has 1 N–H and O–H groups in total. The van der Waals surface area contributed by atoms with Crippen molar-refractivity contribution in [1.29, 1.82) is 0 Å². The van der Waals surface area contributed by atoms with Gasteiger partial charge in [0.05, 0.1) is 0 Å². The standard InChI is InChI=1S/C10H18ClN/c1-8(2)3-4-12-7-9-5-10(11)6-9/h3,9-10,12H,4-7H2,1-2H3. The van der Waals surface area contributed by atoms with Crippen LogP contribution in [0.5, 0.6) is 0 Å². The zero-order valence-corrected chi connectivity index (χ0v) is 8.69. The quantitative estimate of drug-likeness (QED) is 0.405. The minimum atomic E-state index is 0.459. The smallest absolute Gasteiger partial charge is 0.0342 e. The Morgan fingerprint density at radius 3 is 2.67 bits per heavy atom. The van der Waals surface area contributed by atoms with E-state index in [1.807, 2.05) is 0 Å². The summed E-state index contributed by atoms with van der Waals surface area (Å²) in [6.07, 6.45) is 4.61. The van der Waals surface area contributed by atoms with E-state index in [4.69, 9.17) is 11.6 Å². The second kappa shape index (κ2) is 4.88. The summed E-state index contributed by atoms with van der Waals surface area (Å²) >= 11 is 5.87. The third-order valence-corrected chi connectivity index (χ3v) is 2.62. The van der Waals surface area contributed by atoms with Crippen LogP contribution in [0.3, 0.4) is 0 Å². The second-order valence-electron chi connectivity index (χ2n) is 3.87. The first-order valence-electron chi connectivity index (χ1n) is 4.66. The average Bonchev–Trinajstić information content (AvgIpc) is 1.93. The van der Waals surface area contributed by atoms with Crippen LogP contribution < -0.4 is 5.32 Å². The van der Waals surface area contributed by atoms with Gasteiger partial charge in [0.15, 0.2) is 0 Å². The van der Waals surface area contributed by atoms with E-state index in [0.29, 0.717) is 5.38 Å². The van der Waals surface area contributed by atoms with Crippen LogP contribution in [0.15, 0.2) is 11.6 Å². The Morgan fingerprint density at radius 2 is 2.17 bits per heavy atom. The van der Waals surface area contributed by atoms with Crippen LogP contribution in [0, 0.1) is 5.92 Å². The molecule has 1 aliphatic rings.